The Kier molecular flexibility index (Phi) is 585. The predicted molar refractivity (Wildman–Crippen MR) is 78.5 cm³/mol. The molecule has 0 bridgehead atoms. The Labute approximate surface area is 126 Å². The molecule has 0 unspecified atom stereocenters. The van der Waals surface area contributed by atoms with Crippen molar-refractivity contribution in [2.75, 3.05) is 21.3 Å². The van der Waals surface area contributed by atoms with Gasteiger partial charge in [0.15, 0.2) is 0 Å². The van der Waals surface area contributed by atoms with Crippen LogP contribution in [0.25, 0.3) is 0 Å². The summed E-state index contributed by atoms with van der Waals surface area (Å²) in [6.45, 7) is 0. The molecule has 3 nitrogen and oxygen atoms in total. The molecule has 0 aromatic heterocycles. The zero-order valence-electron chi connectivity index (χ0n) is 12.7. The van der Waals surface area contributed by atoms with E-state index in [1.54, 1.807) is 0 Å². The summed E-state index contributed by atoms with van der Waals surface area (Å²) < 4.78 is 0. The molecule has 0 aliphatic carbocycles. The minimum Gasteiger partial charge on any atom is -0.400 e. The molecule has 1 rings (SSSR count). The van der Waals surface area contributed by atoms with E-state index in [1.807, 2.05) is 30.3 Å². The van der Waals surface area contributed by atoms with Gasteiger partial charge in [-0.3, -0.25) is 0 Å². The molecule has 0 saturated carbocycles. The first-order chi connectivity index (χ1) is 5.50. The maximum Gasteiger partial charge on any atom is 0.0319 e. The summed E-state index contributed by atoms with van der Waals surface area (Å²) in [4.78, 5) is 0. The first kappa shape index (κ1) is 68.3. The largest absolute Gasteiger partial charge is 0.400 e. The Morgan fingerprint density at radius 1 is 0.588 bits per heavy atom. The van der Waals surface area contributed by atoms with Crippen molar-refractivity contribution < 1.29 is 37.0 Å². The summed E-state index contributed by atoms with van der Waals surface area (Å²) in [7, 11) is 3.00. The summed E-state index contributed by atoms with van der Waals surface area (Å²) in [6, 6.07) is 10.0. The fourth-order valence-corrected chi connectivity index (χ4v) is 0.321. The molecule has 0 spiro atoms. The van der Waals surface area contributed by atoms with Crippen LogP contribution in [0, 0.1) is 37.1 Å². The van der Waals surface area contributed by atoms with Crippen molar-refractivity contribution in [1.82, 2.24) is 0 Å². The van der Waals surface area contributed by atoms with Crippen molar-refractivity contribution >= 4 is 0 Å². The molecule has 4 heteroatoms. The van der Waals surface area contributed by atoms with Crippen LogP contribution in [0.1, 0.15) is 0 Å². The van der Waals surface area contributed by atoms with E-state index >= 15 is 0 Å². The van der Waals surface area contributed by atoms with Gasteiger partial charge in [0.05, 0.1) is 0 Å². The van der Waals surface area contributed by atoms with Crippen LogP contribution in [0.4, 0.5) is 0 Å². The second-order valence-electron chi connectivity index (χ2n) is 0.962. The van der Waals surface area contributed by atoms with E-state index in [4.69, 9.17) is 15.3 Å². The molecule has 3 N–H and O–H groups in total. The van der Waals surface area contributed by atoms with E-state index in [9.17, 15) is 0 Å². The van der Waals surface area contributed by atoms with Crippen LogP contribution in [0.15, 0.2) is 30.3 Å². The fraction of sp³-hybridized carbons (Fsp3) is 0.231. The van der Waals surface area contributed by atoms with Crippen molar-refractivity contribution in [2.24, 2.45) is 0 Å². The van der Waals surface area contributed by atoms with Crippen LogP contribution in [0.5, 0.6) is 0 Å². The van der Waals surface area contributed by atoms with Crippen LogP contribution < -0.4 is 0 Å². The molecule has 0 fully saturated rings. The van der Waals surface area contributed by atoms with Crippen LogP contribution >= 0.6 is 0 Å². The molecule has 0 amide bonds. The van der Waals surface area contributed by atoms with Crippen molar-refractivity contribution in [3.8, 4) is 0 Å². The van der Waals surface area contributed by atoms with E-state index in [2.05, 4.69) is 0 Å². The SMILES string of the molecule is CO.CO.CO.[CH3-].[CH3-].[CH3-].[CH3-].[CH3-].[Ti].c1cc[cH-]c1. The third-order valence-electron chi connectivity index (χ3n) is 0.556. The monoisotopic (exact) mass is 284 g/mol. The van der Waals surface area contributed by atoms with Gasteiger partial charge in [0.1, 0.15) is 0 Å². The molecule has 112 valence electrons. The molecular weight excluding hydrogens is 252 g/mol. The van der Waals surface area contributed by atoms with Gasteiger partial charge in [-0.2, -0.15) is 18.2 Å². The second-order valence-corrected chi connectivity index (χ2v) is 0.962. The summed E-state index contributed by atoms with van der Waals surface area (Å²) >= 11 is 0. The Hall–Kier alpha value is -0.0557. The van der Waals surface area contributed by atoms with Gasteiger partial charge in [-0.05, 0) is 0 Å². The summed E-state index contributed by atoms with van der Waals surface area (Å²) in [5, 5.41) is 21.0. The van der Waals surface area contributed by atoms with Crippen molar-refractivity contribution in [3.05, 3.63) is 67.5 Å². The van der Waals surface area contributed by atoms with Crippen molar-refractivity contribution in [2.45, 2.75) is 0 Å². The standard InChI is InChI=1S/C5H5.3CH4O.5CH3.Ti/c1-2-4-5-3-1;3*1-2;;;;;;/h1-5H;3*2H,1H3;5*1H3;/q-1;;;;5*-1;. The Morgan fingerprint density at radius 2 is 0.765 bits per heavy atom. The number of aliphatic hydroxyl groups excluding tert-OH is 3. The quantitative estimate of drug-likeness (QED) is 0.506. The van der Waals surface area contributed by atoms with Gasteiger partial charge in [0.25, 0.3) is 0 Å². The van der Waals surface area contributed by atoms with Gasteiger partial charge in [0.2, 0.25) is 0 Å². The Balaban J connectivity index is -0.00000000705. The molecule has 17 heavy (non-hydrogen) atoms. The van der Waals surface area contributed by atoms with E-state index in [0.29, 0.717) is 0 Å². The number of rotatable bonds is 0. The van der Waals surface area contributed by atoms with E-state index in [1.165, 1.54) is 0 Å². The molecule has 0 atom stereocenters. The maximum atomic E-state index is 7.00. The molecule has 1 aromatic carbocycles. The fourth-order valence-electron chi connectivity index (χ4n) is 0.321. The minimum absolute atomic E-state index is 0. The minimum atomic E-state index is 0. The Morgan fingerprint density at radius 3 is 0.824 bits per heavy atom. The van der Waals surface area contributed by atoms with Gasteiger partial charge in [0, 0.05) is 43.0 Å². The van der Waals surface area contributed by atoms with Gasteiger partial charge < -0.3 is 52.5 Å². The molecule has 0 saturated heterocycles. The van der Waals surface area contributed by atoms with Gasteiger partial charge in [-0.15, -0.1) is 0 Å². The summed E-state index contributed by atoms with van der Waals surface area (Å²) in [6.07, 6.45) is 0. The van der Waals surface area contributed by atoms with Gasteiger partial charge in [-0.25, -0.2) is 12.1 Å². The maximum absolute atomic E-state index is 7.00. The molecule has 0 aliphatic heterocycles. The van der Waals surface area contributed by atoms with E-state index in [0.717, 1.165) is 21.3 Å². The van der Waals surface area contributed by atoms with Gasteiger partial charge >= 0.3 is 0 Å². The average molecular weight is 284 g/mol. The zero-order valence-corrected chi connectivity index (χ0v) is 14.3. The topological polar surface area (TPSA) is 60.7 Å². The summed E-state index contributed by atoms with van der Waals surface area (Å²) in [5.74, 6) is 0. The first-order valence-corrected chi connectivity index (χ1v) is 3.01. The van der Waals surface area contributed by atoms with Gasteiger partial charge in [-0.1, -0.05) is 0 Å². The second kappa shape index (κ2) is 146. The smallest absolute Gasteiger partial charge is 0.0319 e. The molecular formula is C13H32O3Ti-6. The number of hydrogen-bond donors (Lipinski definition) is 3. The third-order valence-corrected chi connectivity index (χ3v) is 0.556. The first-order valence-electron chi connectivity index (χ1n) is 3.01. The van der Waals surface area contributed by atoms with Crippen molar-refractivity contribution in [3.63, 3.8) is 0 Å². The van der Waals surface area contributed by atoms with E-state index in [-0.39, 0.29) is 58.9 Å². The van der Waals surface area contributed by atoms with Crippen LogP contribution in [0.3, 0.4) is 0 Å². The number of hydrogen-bond acceptors (Lipinski definition) is 3. The van der Waals surface area contributed by atoms with Crippen molar-refractivity contribution in [1.29, 1.82) is 0 Å². The van der Waals surface area contributed by atoms with E-state index < -0.39 is 0 Å². The molecule has 0 radical (unpaired) electrons. The normalized spacial score (nSPS) is 3.41. The van der Waals surface area contributed by atoms with Crippen LogP contribution in [-0.2, 0) is 21.7 Å². The average Bonchev–Trinajstić information content (AvgIpc) is 2.71. The van der Waals surface area contributed by atoms with Crippen LogP contribution in [0.2, 0.25) is 0 Å². The molecule has 0 aliphatic rings. The third kappa shape index (κ3) is 127. The van der Waals surface area contributed by atoms with Crippen LogP contribution in [-0.4, -0.2) is 36.6 Å². The Bertz CT molecular complexity index is 73.1. The molecule has 1 aromatic rings. The zero-order chi connectivity index (χ0) is 9.54. The molecule has 0 heterocycles. The predicted octanol–water partition coefficient (Wildman–Crippen LogP) is 2.48. The summed E-state index contributed by atoms with van der Waals surface area (Å²) in [5.41, 5.74) is 0. The number of aliphatic hydroxyl groups is 3.